The minimum absolute atomic E-state index is 0.0163. The summed E-state index contributed by atoms with van der Waals surface area (Å²) in [5.41, 5.74) is 7.96. The quantitative estimate of drug-likeness (QED) is 0.364. The standard InChI is InChI=1S/C26H23FN8O2/c1-34-12-14(11-30-34)8-21-31-23(33-26(28)32-21)18-4-6-29-24(19(18)13-36)35-7-5-16-9-17(15-2-3-15)10-20(27)22(16)25(35)37/h4-7,9-12,15,36H,2-3,8,13H2,1H3,(H2,28,31,32,33). The van der Waals surface area contributed by atoms with Crippen molar-refractivity contribution < 1.29 is 9.50 Å². The highest BCUT2D eigenvalue weighted by molar-refractivity contribution is 5.83. The van der Waals surface area contributed by atoms with Crippen LogP contribution in [-0.4, -0.2) is 39.4 Å². The van der Waals surface area contributed by atoms with Crippen LogP contribution in [0.1, 0.15) is 41.3 Å². The van der Waals surface area contributed by atoms with Gasteiger partial charge in [0.25, 0.3) is 5.56 Å². The van der Waals surface area contributed by atoms with Crippen LogP contribution in [0.2, 0.25) is 0 Å². The maximum absolute atomic E-state index is 15.1. The van der Waals surface area contributed by atoms with Gasteiger partial charge in [-0.25, -0.2) is 14.4 Å². The van der Waals surface area contributed by atoms with Crippen LogP contribution in [0.4, 0.5) is 10.3 Å². The molecular formula is C26H23FN8O2. The second-order valence-corrected chi connectivity index (χ2v) is 9.18. The largest absolute Gasteiger partial charge is 0.392 e. The highest BCUT2D eigenvalue weighted by atomic mass is 19.1. The predicted molar refractivity (Wildman–Crippen MR) is 134 cm³/mol. The van der Waals surface area contributed by atoms with E-state index >= 15 is 4.39 Å². The second kappa shape index (κ2) is 8.86. The van der Waals surface area contributed by atoms with E-state index in [1.807, 2.05) is 19.3 Å². The molecule has 10 nitrogen and oxygen atoms in total. The molecule has 0 bridgehead atoms. The number of fused-ring (bicyclic) bond motifs is 1. The zero-order valence-electron chi connectivity index (χ0n) is 20.0. The van der Waals surface area contributed by atoms with Gasteiger partial charge in [-0.05, 0) is 53.5 Å². The molecule has 1 aliphatic carbocycles. The van der Waals surface area contributed by atoms with Crippen molar-refractivity contribution in [3.8, 4) is 17.2 Å². The normalized spacial score (nSPS) is 13.4. The van der Waals surface area contributed by atoms with E-state index in [1.54, 1.807) is 29.2 Å². The van der Waals surface area contributed by atoms with Crippen LogP contribution >= 0.6 is 0 Å². The molecular weight excluding hydrogens is 475 g/mol. The third kappa shape index (κ3) is 4.23. The third-order valence-electron chi connectivity index (χ3n) is 6.51. The van der Waals surface area contributed by atoms with Crippen molar-refractivity contribution in [2.75, 3.05) is 5.73 Å². The molecule has 0 unspecified atom stereocenters. The monoisotopic (exact) mass is 498 g/mol. The van der Waals surface area contributed by atoms with E-state index in [0.717, 1.165) is 24.0 Å². The van der Waals surface area contributed by atoms with Gasteiger partial charge in [0.05, 0.1) is 18.2 Å². The molecule has 0 amide bonds. The van der Waals surface area contributed by atoms with Crippen molar-refractivity contribution in [1.29, 1.82) is 0 Å². The minimum Gasteiger partial charge on any atom is -0.392 e. The van der Waals surface area contributed by atoms with Crippen molar-refractivity contribution in [2.24, 2.45) is 7.05 Å². The van der Waals surface area contributed by atoms with Gasteiger partial charge in [-0.3, -0.25) is 14.0 Å². The van der Waals surface area contributed by atoms with E-state index in [2.05, 4.69) is 25.0 Å². The molecule has 37 heavy (non-hydrogen) atoms. The first-order valence-corrected chi connectivity index (χ1v) is 11.8. The number of rotatable bonds is 6. The van der Waals surface area contributed by atoms with Crippen molar-refractivity contribution in [3.05, 3.63) is 87.7 Å². The number of anilines is 1. The Hall–Kier alpha value is -4.51. The molecule has 6 rings (SSSR count). The van der Waals surface area contributed by atoms with Gasteiger partial charge in [0.2, 0.25) is 5.95 Å². The molecule has 1 aliphatic rings. The Balaban J connectivity index is 1.46. The molecule has 1 saturated carbocycles. The number of hydrogen-bond acceptors (Lipinski definition) is 8. The number of nitrogens with zero attached hydrogens (tertiary/aromatic N) is 7. The number of hydrogen-bond donors (Lipinski definition) is 2. The highest BCUT2D eigenvalue weighted by Gasteiger charge is 2.25. The molecule has 5 aromatic rings. The van der Waals surface area contributed by atoms with Crippen LogP contribution in [-0.2, 0) is 20.1 Å². The lowest BCUT2D eigenvalue weighted by atomic mass is 10.0. The van der Waals surface area contributed by atoms with Crippen LogP contribution < -0.4 is 11.3 Å². The topological polar surface area (TPSA) is 138 Å². The van der Waals surface area contributed by atoms with Gasteiger partial charge in [-0.2, -0.15) is 15.1 Å². The number of aromatic nitrogens is 7. The van der Waals surface area contributed by atoms with Crippen molar-refractivity contribution >= 4 is 16.7 Å². The van der Waals surface area contributed by atoms with Gasteiger partial charge in [-0.15, -0.1) is 0 Å². The number of halogens is 1. The first-order valence-electron chi connectivity index (χ1n) is 11.8. The van der Waals surface area contributed by atoms with E-state index < -0.39 is 18.0 Å². The average Bonchev–Trinajstić information content (AvgIpc) is 3.65. The SMILES string of the molecule is Cn1cc(Cc2nc(N)nc(-c3ccnc(-n4ccc5cc(C6CC6)cc(F)c5c4=O)c3CO)n2)cn1. The lowest BCUT2D eigenvalue weighted by Gasteiger charge is -2.14. The smallest absolute Gasteiger partial charge is 0.267 e. The van der Waals surface area contributed by atoms with Gasteiger partial charge in [0.15, 0.2) is 5.82 Å². The molecule has 1 aromatic carbocycles. The third-order valence-corrected chi connectivity index (χ3v) is 6.51. The van der Waals surface area contributed by atoms with E-state index in [0.29, 0.717) is 34.7 Å². The summed E-state index contributed by atoms with van der Waals surface area (Å²) in [5, 5.41) is 15.0. The molecule has 1 fully saturated rings. The zero-order chi connectivity index (χ0) is 25.7. The summed E-state index contributed by atoms with van der Waals surface area (Å²) in [6.45, 7) is -0.463. The Labute approximate surface area is 210 Å². The average molecular weight is 499 g/mol. The summed E-state index contributed by atoms with van der Waals surface area (Å²) in [7, 11) is 1.81. The van der Waals surface area contributed by atoms with Crippen LogP contribution in [0.5, 0.6) is 0 Å². The summed E-state index contributed by atoms with van der Waals surface area (Å²) in [6, 6.07) is 6.64. The van der Waals surface area contributed by atoms with Gasteiger partial charge >= 0.3 is 0 Å². The summed E-state index contributed by atoms with van der Waals surface area (Å²) in [5.74, 6) is 0.623. The van der Waals surface area contributed by atoms with Gasteiger partial charge in [-0.1, -0.05) is 6.07 Å². The molecule has 0 radical (unpaired) electrons. The predicted octanol–water partition coefficient (Wildman–Crippen LogP) is 2.65. The number of aliphatic hydroxyl groups is 1. The number of aryl methyl sites for hydroxylation is 1. The zero-order valence-corrected chi connectivity index (χ0v) is 20.0. The van der Waals surface area contributed by atoms with Crippen LogP contribution in [0.15, 0.2) is 53.8 Å². The summed E-state index contributed by atoms with van der Waals surface area (Å²) in [6.07, 6.45) is 9.03. The number of nitrogen functional groups attached to an aromatic ring is 1. The molecule has 3 N–H and O–H groups in total. The van der Waals surface area contributed by atoms with E-state index in [1.165, 1.54) is 16.8 Å². The fraction of sp³-hybridized carbons (Fsp3) is 0.231. The lowest BCUT2D eigenvalue weighted by molar-refractivity contribution is 0.281. The van der Waals surface area contributed by atoms with Gasteiger partial charge < -0.3 is 10.8 Å². The number of pyridine rings is 2. The number of benzene rings is 1. The second-order valence-electron chi connectivity index (χ2n) is 9.18. The first-order chi connectivity index (χ1) is 17.9. The molecule has 0 spiro atoms. The van der Waals surface area contributed by atoms with Crippen molar-refractivity contribution in [2.45, 2.75) is 31.8 Å². The van der Waals surface area contributed by atoms with Crippen LogP contribution in [0.25, 0.3) is 28.0 Å². The fourth-order valence-corrected chi connectivity index (χ4v) is 4.61. The summed E-state index contributed by atoms with van der Waals surface area (Å²) >= 11 is 0. The maximum Gasteiger partial charge on any atom is 0.267 e. The van der Waals surface area contributed by atoms with Crippen molar-refractivity contribution in [1.82, 2.24) is 34.3 Å². The Morgan fingerprint density at radius 2 is 2.03 bits per heavy atom. The van der Waals surface area contributed by atoms with Crippen molar-refractivity contribution in [3.63, 3.8) is 0 Å². The summed E-state index contributed by atoms with van der Waals surface area (Å²) < 4.78 is 18.0. The molecule has 0 saturated heterocycles. The molecule has 0 atom stereocenters. The molecule has 11 heteroatoms. The van der Waals surface area contributed by atoms with E-state index in [9.17, 15) is 9.90 Å². The van der Waals surface area contributed by atoms with Gasteiger partial charge in [0.1, 0.15) is 17.5 Å². The van der Waals surface area contributed by atoms with E-state index in [4.69, 9.17) is 5.73 Å². The van der Waals surface area contributed by atoms with E-state index in [-0.39, 0.29) is 23.0 Å². The Kier molecular flexibility index (Phi) is 5.49. The maximum atomic E-state index is 15.1. The minimum atomic E-state index is -0.566. The van der Waals surface area contributed by atoms with Gasteiger partial charge in [0, 0.05) is 43.2 Å². The molecule has 186 valence electrons. The fourth-order valence-electron chi connectivity index (χ4n) is 4.61. The Morgan fingerprint density at radius 3 is 2.76 bits per heavy atom. The Bertz CT molecular complexity index is 1720. The Morgan fingerprint density at radius 1 is 1.19 bits per heavy atom. The van der Waals surface area contributed by atoms with Crippen LogP contribution in [0.3, 0.4) is 0 Å². The highest BCUT2D eigenvalue weighted by Crippen LogP contribution is 2.41. The lowest BCUT2D eigenvalue weighted by Crippen LogP contribution is -2.21. The molecule has 4 heterocycles. The molecule has 0 aliphatic heterocycles. The number of aliphatic hydroxyl groups excluding tert-OH is 1. The molecule has 4 aromatic heterocycles. The summed E-state index contributed by atoms with van der Waals surface area (Å²) in [4.78, 5) is 30.8. The first kappa shape index (κ1) is 22.9. The number of nitrogens with two attached hydrogens (primary N) is 1. The van der Waals surface area contributed by atoms with Crippen LogP contribution in [0, 0.1) is 5.82 Å².